The summed E-state index contributed by atoms with van der Waals surface area (Å²) in [5, 5.41) is 6.27. The van der Waals surface area contributed by atoms with Crippen LogP contribution in [-0.2, 0) is 0 Å². The van der Waals surface area contributed by atoms with Crippen LogP contribution >= 0.6 is 15.9 Å². The number of piperidine rings is 1. The zero-order valence-electron chi connectivity index (χ0n) is 16.9. The summed E-state index contributed by atoms with van der Waals surface area (Å²) in [6.45, 7) is 4.00. The van der Waals surface area contributed by atoms with Crippen molar-refractivity contribution in [3.63, 3.8) is 0 Å². The molecule has 1 saturated heterocycles. The smallest absolute Gasteiger partial charge is 0.256 e. The van der Waals surface area contributed by atoms with Crippen molar-refractivity contribution >= 4 is 45.0 Å². The number of nitrogens with one attached hydrogen (secondary N) is 2. The number of halogens is 1. The molecule has 1 amide bonds. The minimum atomic E-state index is -0.152. The third-order valence-electron chi connectivity index (χ3n) is 5.01. The maximum atomic E-state index is 12.5. The van der Waals surface area contributed by atoms with Crippen LogP contribution in [0.3, 0.4) is 0 Å². The fraction of sp³-hybridized carbons (Fsp3) is 0.261. The second kappa shape index (κ2) is 9.26. The monoisotopic (exact) mass is 465 g/mol. The zero-order chi connectivity index (χ0) is 20.9. The van der Waals surface area contributed by atoms with Crippen LogP contribution in [0.1, 0.15) is 35.3 Å². The van der Waals surface area contributed by atoms with Gasteiger partial charge >= 0.3 is 0 Å². The minimum absolute atomic E-state index is 0.152. The van der Waals surface area contributed by atoms with Crippen molar-refractivity contribution in [2.24, 2.45) is 0 Å². The van der Waals surface area contributed by atoms with Crippen LogP contribution in [0.5, 0.6) is 0 Å². The van der Waals surface area contributed by atoms with Crippen LogP contribution in [0.4, 0.5) is 23.1 Å². The van der Waals surface area contributed by atoms with Crippen LogP contribution in [0, 0.1) is 6.92 Å². The lowest BCUT2D eigenvalue weighted by atomic mass is 10.1. The number of rotatable bonds is 5. The Morgan fingerprint density at radius 2 is 1.67 bits per heavy atom. The van der Waals surface area contributed by atoms with Crippen LogP contribution in [0.2, 0.25) is 0 Å². The number of hydrogen-bond acceptors (Lipinski definition) is 5. The summed E-state index contributed by atoms with van der Waals surface area (Å²) in [6, 6.07) is 16.9. The van der Waals surface area contributed by atoms with Gasteiger partial charge in [-0.25, -0.2) is 4.98 Å². The molecule has 0 unspecified atom stereocenters. The summed E-state index contributed by atoms with van der Waals surface area (Å²) in [4.78, 5) is 24.0. The predicted octanol–water partition coefficient (Wildman–Crippen LogP) is 5.53. The Balaban J connectivity index is 1.44. The topological polar surface area (TPSA) is 70.2 Å². The lowest BCUT2D eigenvalue weighted by Gasteiger charge is -2.27. The van der Waals surface area contributed by atoms with E-state index in [0.717, 1.165) is 46.4 Å². The van der Waals surface area contributed by atoms with E-state index in [9.17, 15) is 4.79 Å². The molecule has 0 aliphatic carbocycles. The average Bonchev–Trinajstić information content (AvgIpc) is 2.75. The maximum absolute atomic E-state index is 12.5. The first-order valence-corrected chi connectivity index (χ1v) is 10.9. The zero-order valence-corrected chi connectivity index (χ0v) is 18.4. The number of carbonyl (C=O) groups excluding carboxylic acids is 1. The van der Waals surface area contributed by atoms with Gasteiger partial charge in [-0.15, -0.1) is 0 Å². The molecule has 1 aromatic heterocycles. The molecule has 2 heterocycles. The van der Waals surface area contributed by atoms with Crippen LogP contribution in [0.15, 0.2) is 59.1 Å². The number of aromatic nitrogens is 2. The summed E-state index contributed by atoms with van der Waals surface area (Å²) in [5.74, 6) is 1.41. The summed E-state index contributed by atoms with van der Waals surface area (Å²) in [6.07, 6.45) is 3.65. The number of anilines is 4. The molecule has 3 aromatic rings. The predicted molar refractivity (Wildman–Crippen MR) is 125 cm³/mol. The Kier molecular flexibility index (Phi) is 6.28. The van der Waals surface area contributed by atoms with Gasteiger partial charge in [0.1, 0.15) is 5.82 Å². The van der Waals surface area contributed by atoms with E-state index >= 15 is 0 Å². The largest absolute Gasteiger partial charge is 0.341 e. The molecule has 2 N–H and O–H groups in total. The van der Waals surface area contributed by atoms with Crippen molar-refractivity contribution in [1.82, 2.24) is 9.97 Å². The maximum Gasteiger partial charge on any atom is 0.256 e. The van der Waals surface area contributed by atoms with E-state index in [4.69, 9.17) is 4.98 Å². The summed E-state index contributed by atoms with van der Waals surface area (Å²) in [7, 11) is 0. The Bertz CT molecular complexity index is 1030. The number of nitrogens with zero attached hydrogens (tertiary/aromatic N) is 3. The first-order valence-electron chi connectivity index (χ1n) is 10.1. The van der Waals surface area contributed by atoms with E-state index in [0.29, 0.717) is 5.56 Å². The van der Waals surface area contributed by atoms with Crippen molar-refractivity contribution in [3.8, 4) is 0 Å². The van der Waals surface area contributed by atoms with Crippen LogP contribution < -0.4 is 15.5 Å². The van der Waals surface area contributed by atoms with Gasteiger partial charge in [-0.2, -0.15) is 4.98 Å². The molecule has 154 valence electrons. The molecule has 1 aliphatic heterocycles. The van der Waals surface area contributed by atoms with Gasteiger partial charge in [0.15, 0.2) is 0 Å². The summed E-state index contributed by atoms with van der Waals surface area (Å²) in [5.41, 5.74) is 3.16. The van der Waals surface area contributed by atoms with Gasteiger partial charge in [-0.05, 0) is 78.5 Å². The molecular weight excluding hydrogens is 442 g/mol. The van der Waals surface area contributed by atoms with E-state index in [-0.39, 0.29) is 5.91 Å². The van der Waals surface area contributed by atoms with Gasteiger partial charge in [-0.3, -0.25) is 4.79 Å². The van der Waals surface area contributed by atoms with Crippen molar-refractivity contribution in [3.05, 3.63) is 70.3 Å². The number of hydrogen-bond donors (Lipinski definition) is 2. The fourth-order valence-corrected chi connectivity index (χ4v) is 3.95. The normalized spacial score (nSPS) is 13.7. The van der Waals surface area contributed by atoms with Crippen molar-refractivity contribution in [2.45, 2.75) is 26.2 Å². The van der Waals surface area contributed by atoms with Gasteiger partial charge in [-0.1, -0.05) is 12.1 Å². The lowest BCUT2D eigenvalue weighted by Crippen LogP contribution is -2.31. The Labute approximate surface area is 184 Å². The number of benzene rings is 2. The number of amides is 1. The second-order valence-corrected chi connectivity index (χ2v) is 8.23. The quantitative estimate of drug-likeness (QED) is 0.517. The Morgan fingerprint density at radius 1 is 0.967 bits per heavy atom. The third kappa shape index (κ3) is 4.97. The summed E-state index contributed by atoms with van der Waals surface area (Å²) >= 11 is 3.41. The SMILES string of the molecule is Cc1cc(Nc2ccc(NC(=O)c3ccccc3Br)cc2)nc(N2CCCCC2)n1. The molecule has 7 heteroatoms. The Hall–Kier alpha value is -2.93. The molecule has 1 aliphatic rings. The first-order chi connectivity index (χ1) is 14.6. The summed E-state index contributed by atoms with van der Waals surface area (Å²) < 4.78 is 0.768. The average molecular weight is 466 g/mol. The van der Waals surface area contributed by atoms with Gasteiger partial charge in [0.05, 0.1) is 5.56 Å². The molecule has 4 rings (SSSR count). The van der Waals surface area contributed by atoms with Gasteiger partial charge in [0.25, 0.3) is 5.91 Å². The highest BCUT2D eigenvalue weighted by atomic mass is 79.9. The molecule has 0 radical (unpaired) electrons. The highest BCUT2D eigenvalue weighted by molar-refractivity contribution is 9.10. The van der Waals surface area contributed by atoms with E-state index in [1.54, 1.807) is 6.07 Å². The number of aryl methyl sites for hydroxylation is 1. The molecule has 0 spiro atoms. The van der Waals surface area contributed by atoms with E-state index in [2.05, 4.69) is 36.4 Å². The van der Waals surface area contributed by atoms with Gasteiger partial charge in [0.2, 0.25) is 5.95 Å². The lowest BCUT2D eigenvalue weighted by molar-refractivity contribution is 0.102. The molecule has 1 fully saturated rings. The molecular formula is C23H24BrN5O. The standard InChI is InChI=1S/C23H24BrN5O/c1-16-15-21(28-23(25-16)29-13-5-2-6-14-29)26-17-9-11-18(12-10-17)27-22(30)19-7-3-4-8-20(19)24/h3-4,7-12,15H,2,5-6,13-14H2,1H3,(H,27,30)(H,25,26,28). The van der Waals surface area contributed by atoms with Crippen LogP contribution in [-0.4, -0.2) is 29.0 Å². The molecule has 0 saturated carbocycles. The van der Waals surface area contributed by atoms with Gasteiger partial charge < -0.3 is 15.5 Å². The van der Waals surface area contributed by atoms with Crippen LogP contribution in [0.25, 0.3) is 0 Å². The third-order valence-corrected chi connectivity index (χ3v) is 5.71. The van der Waals surface area contributed by atoms with Crippen molar-refractivity contribution < 1.29 is 4.79 Å². The molecule has 0 atom stereocenters. The highest BCUT2D eigenvalue weighted by Gasteiger charge is 2.15. The fourth-order valence-electron chi connectivity index (χ4n) is 3.48. The van der Waals surface area contributed by atoms with E-state index in [1.807, 2.05) is 55.5 Å². The van der Waals surface area contributed by atoms with Gasteiger partial charge in [0, 0.05) is 40.7 Å². The second-order valence-electron chi connectivity index (χ2n) is 7.38. The van der Waals surface area contributed by atoms with E-state index in [1.165, 1.54) is 19.3 Å². The molecule has 0 bridgehead atoms. The highest BCUT2D eigenvalue weighted by Crippen LogP contribution is 2.23. The first kappa shape index (κ1) is 20.3. The number of carbonyl (C=O) groups is 1. The molecule has 2 aromatic carbocycles. The van der Waals surface area contributed by atoms with Crippen molar-refractivity contribution in [2.75, 3.05) is 28.6 Å². The van der Waals surface area contributed by atoms with Crippen molar-refractivity contribution in [1.29, 1.82) is 0 Å². The minimum Gasteiger partial charge on any atom is -0.341 e. The molecule has 30 heavy (non-hydrogen) atoms. The Morgan fingerprint density at radius 3 is 2.40 bits per heavy atom. The van der Waals surface area contributed by atoms with E-state index < -0.39 is 0 Å². The molecule has 6 nitrogen and oxygen atoms in total.